The van der Waals surface area contributed by atoms with Crippen molar-refractivity contribution in [2.24, 2.45) is 11.7 Å². The summed E-state index contributed by atoms with van der Waals surface area (Å²) < 4.78 is 26.6. The molecular formula is C14H19F2N. The molecule has 1 nitrogen and oxygen atoms in total. The van der Waals surface area contributed by atoms with E-state index in [2.05, 4.69) is 0 Å². The third-order valence-corrected chi connectivity index (χ3v) is 3.83. The number of hydrogen-bond donors (Lipinski definition) is 1. The van der Waals surface area contributed by atoms with Crippen LogP contribution in [-0.4, -0.2) is 6.54 Å². The van der Waals surface area contributed by atoms with Crippen LogP contribution in [0.2, 0.25) is 0 Å². The fourth-order valence-corrected chi connectivity index (χ4v) is 2.91. The van der Waals surface area contributed by atoms with Gasteiger partial charge in [-0.3, -0.25) is 0 Å². The first-order valence-electron chi connectivity index (χ1n) is 6.37. The minimum absolute atomic E-state index is 0.0379. The molecule has 0 amide bonds. The summed E-state index contributed by atoms with van der Waals surface area (Å²) in [5.41, 5.74) is 6.37. The topological polar surface area (TPSA) is 26.0 Å². The van der Waals surface area contributed by atoms with Gasteiger partial charge in [0, 0.05) is 12.0 Å². The fraction of sp³-hybridized carbons (Fsp3) is 0.571. The third-order valence-electron chi connectivity index (χ3n) is 3.83. The molecule has 0 spiro atoms. The van der Waals surface area contributed by atoms with Gasteiger partial charge in [0.2, 0.25) is 0 Å². The molecule has 1 fully saturated rings. The first-order valence-corrected chi connectivity index (χ1v) is 6.37. The van der Waals surface area contributed by atoms with Gasteiger partial charge >= 0.3 is 0 Å². The van der Waals surface area contributed by atoms with Gasteiger partial charge in [0.15, 0.2) is 0 Å². The first-order chi connectivity index (χ1) is 8.22. The van der Waals surface area contributed by atoms with Gasteiger partial charge in [-0.1, -0.05) is 25.3 Å². The summed E-state index contributed by atoms with van der Waals surface area (Å²) >= 11 is 0. The van der Waals surface area contributed by atoms with E-state index in [1.54, 1.807) is 6.07 Å². The Morgan fingerprint density at radius 3 is 2.47 bits per heavy atom. The van der Waals surface area contributed by atoms with Crippen LogP contribution in [0.1, 0.15) is 43.6 Å². The van der Waals surface area contributed by atoms with Gasteiger partial charge in [0.25, 0.3) is 0 Å². The number of nitrogens with two attached hydrogens (primary N) is 1. The van der Waals surface area contributed by atoms with Crippen LogP contribution >= 0.6 is 0 Å². The molecule has 0 aliphatic heterocycles. The van der Waals surface area contributed by atoms with Crippen LogP contribution in [-0.2, 0) is 0 Å². The van der Waals surface area contributed by atoms with Crippen molar-refractivity contribution in [3.63, 3.8) is 0 Å². The summed E-state index contributed by atoms with van der Waals surface area (Å²) in [6.07, 6.45) is 5.88. The van der Waals surface area contributed by atoms with Crippen molar-refractivity contribution < 1.29 is 8.78 Å². The number of benzene rings is 1. The number of hydrogen-bond acceptors (Lipinski definition) is 1. The second-order valence-corrected chi connectivity index (χ2v) is 4.91. The lowest BCUT2D eigenvalue weighted by atomic mass is 9.76. The smallest absolute Gasteiger partial charge is 0.129 e. The van der Waals surface area contributed by atoms with E-state index in [9.17, 15) is 8.78 Å². The lowest BCUT2D eigenvalue weighted by molar-refractivity contribution is 0.302. The van der Waals surface area contributed by atoms with Crippen LogP contribution < -0.4 is 5.73 Å². The Morgan fingerprint density at radius 2 is 1.88 bits per heavy atom. The van der Waals surface area contributed by atoms with E-state index in [1.807, 2.05) is 0 Å². The van der Waals surface area contributed by atoms with Crippen LogP contribution in [0.3, 0.4) is 0 Å². The van der Waals surface area contributed by atoms with Gasteiger partial charge in [0.1, 0.15) is 11.6 Å². The summed E-state index contributed by atoms with van der Waals surface area (Å²) in [4.78, 5) is 0. The second kappa shape index (κ2) is 5.58. The predicted molar refractivity (Wildman–Crippen MR) is 64.7 cm³/mol. The molecule has 1 aliphatic rings. The zero-order valence-electron chi connectivity index (χ0n) is 9.96. The predicted octanol–water partition coefficient (Wildman–Crippen LogP) is 3.59. The molecular weight excluding hydrogens is 220 g/mol. The van der Waals surface area contributed by atoms with Crippen LogP contribution in [0.4, 0.5) is 8.78 Å². The Morgan fingerprint density at radius 1 is 1.18 bits per heavy atom. The van der Waals surface area contributed by atoms with Crippen molar-refractivity contribution >= 4 is 0 Å². The Bertz CT molecular complexity index is 372. The summed E-state index contributed by atoms with van der Waals surface area (Å²) in [5.74, 6) is -0.485. The Balaban J connectivity index is 2.21. The number of halogens is 2. The molecule has 1 saturated carbocycles. The molecule has 3 heteroatoms. The standard InChI is InChI=1S/C14H19F2N/c15-11-6-7-12(14(16)8-11)13(9-17)10-4-2-1-3-5-10/h6-8,10,13H,1-5,9,17H2. The van der Waals surface area contributed by atoms with Crippen molar-refractivity contribution in [2.75, 3.05) is 6.54 Å². The van der Waals surface area contributed by atoms with Crippen LogP contribution in [0.15, 0.2) is 18.2 Å². The van der Waals surface area contributed by atoms with Crippen molar-refractivity contribution in [3.05, 3.63) is 35.4 Å². The molecule has 2 rings (SSSR count). The van der Waals surface area contributed by atoms with E-state index in [-0.39, 0.29) is 5.92 Å². The molecule has 17 heavy (non-hydrogen) atoms. The van der Waals surface area contributed by atoms with Gasteiger partial charge in [-0.05, 0) is 36.9 Å². The molecule has 0 bridgehead atoms. The van der Waals surface area contributed by atoms with Gasteiger partial charge in [-0.2, -0.15) is 0 Å². The van der Waals surface area contributed by atoms with Gasteiger partial charge in [-0.15, -0.1) is 0 Å². The molecule has 1 unspecified atom stereocenters. The van der Waals surface area contributed by atoms with Crippen molar-refractivity contribution in [2.45, 2.75) is 38.0 Å². The highest BCUT2D eigenvalue weighted by Crippen LogP contribution is 2.36. The summed E-state index contributed by atoms with van der Waals surface area (Å²) in [7, 11) is 0. The average molecular weight is 239 g/mol. The maximum Gasteiger partial charge on any atom is 0.129 e. The zero-order chi connectivity index (χ0) is 12.3. The second-order valence-electron chi connectivity index (χ2n) is 4.91. The number of rotatable bonds is 3. The van der Waals surface area contributed by atoms with E-state index >= 15 is 0 Å². The largest absolute Gasteiger partial charge is 0.330 e. The van der Waals surface area contributed by atoms with E-state index in [0.717, 1.165) is 18.9 Å². The minimum atomic E-state index is -0.523. The first kappa shape index (κ1) is 12.5. The Hall–Kier alpha value is -0.960. The van der Waals surface area contributed by atoms with E-state index in [0.29, 0.717) is 18.0 Å². The monoisotopic (exact) mass is 239 g/mol. The molecule has 94 valence electrons. The van der Waals surface area contributed by atoms with Crippen LogP contribution in [0.5, 0.6) is 0 Å². The quantitative estimate of drug-likeness (QED) is 0.857. The maximum absolute atomic E-state index is 13.7. The highest BCUT2D eigenvalue weighted by molar-refractivity contribution is 5.24. The van der Waals surface area contributed by atoms with Gasteiger partial charge in [-0.25, -0.2) is 8.78 Å². The fourth-order valence-electron chi connectivity index (χ4n) is 2.91. The molecule has 0 radical (unpaired) electrons. The Kier molecular flexibility index (Phi) is 4.11. The zero-order valence-corrected chi connectivity index (χ0v) is 9.96. The lowest BCUT2D eigenvalue weighted by Crippen LogP contribution is -2.24. The van der Waals surface area contributed by atoms with E-state index in [1.165, 1.54) is 25.3 Å². The Labute approximate surface area is 101 Å². The molecule has 0 aromatic heterocycles. The normalized spacial score (nSPS) is 19.2. The summed E-state index contributed by atoms with van der Waals surface area (Å²) in [5, 5.41) is 0. The lowest BCUT2D eigenvalue weighted by Gasteiger charge is -2.30. The molecule has 1 atom stereocenters. The third kappa shape index (κ3) is 2.83. The van der Waals surface area contributed by atoms with Gasteiger partial charge in [0.05, 0.1) is 0 Å². The van der Waals surface area contributed by atoms with Gasteiger partial charge < -0.3 is 5.73 Å². The highest BCUT2D eigenvalue weighted by Gasteiger charge is 2.26. The van der Waals surface area contributed by atoms with Crippen LogP contribution in [0, 0.1) is 17.6 Å². The minimum Gasteiger partial charge on any atom is -0.330 e. The van der Waals surface area contributed by atoms with Crippen molar-refractivity contribution in [1.29, 1.82) is 0 Å². The molecule has 1 aliphatic carbocycles. The molecule has 2 N–H and O–H groups in total. The molecule has 1 aromatic rings. The SMILES string of the molecule is NCC(c1ccc(F)cc1F)C1CCCCC1. The molecule has 0 saturated heterocycles. The summed E-state index contributed by atoms with van der Waals surface area (Å²) in [6.45, 7) is 0.438. The van der Waals surface area contributed by atoms with E-state index in [4.69, 9.17) is 5.73 Å². The van der Waals surface area contributed by atoms with Crippen molar-refractivity contribution in [3.8, 4) is 0 Å². The highest BCUT2D eigenvalue weighted by atomic mass is 19.1. The van der Waals surface area contributed by atoms with Crippen molar-refractivity contribution in [1.82, 2.24) is 0 Å². The van der Waals surface area contributed by atoms with Crippen LogP contribution in [0.25, 0.3) is 0 Å². The maximum atomic E-state index is 13.7. The summed E-state index contributed by atoms with van der Waals surface area (Å²) in [6, 6.07) is 3.83. The molecule has 1 aromatic carbocycles. The molecule has 0 heterocycles. The van der Waals surface area contributed by atoms with E-state index < -0.39 is 11.6 Å². The average Bonchev–Trinajstić information content (AvgIpc) is 2.34.